The molecule has 0 amide bonds. The smallest absolute Gasteiger partial charge is 0.0417 e. The van der Waals surface area contributed by atoms with Crippen molar-refractivity contribution in [3.05, 3.63) is 0 Å². The van der Waals surface area contributed by atoms with E-state index in [-0.39, 0.29) is 0 Å². The van der Waals surface area contributed by atoms with Crippen molar-refractivity contribution in [1.82, 2.24) is 0 Å². The van der Waals surface area contributed by atoms with Crippen molar-refractivity contribution in [2.75, 3.05) is 0 Å². The molecule has 108 heavy (non-hydrogen) atoms. The van der Waals surface area contributed by atoms with E-state index < -0.39 is 0 Å². The van der Waals surface area contributed by atoms with E-state index in [4.69, 9.17) is 0 Å². The van der Waals surface area contributed by atoms with Gasteiger partial charge >= 0.3 is 0 Å². The summed E-state index contributed by atoms with van der Waals surface area (Å²) in [6.07, 6.45) is 68.1. The third-order valence-corrected chi connectivity index (χ3v) is 25.7. The number of rotatable bonds is 62. The van der Waals surface area contributed by atoms with Crippen LogP contribution in [0.25, 0.3) is 0 Å². The SMILES string of the molecule is CC(C)CCCC(C)C(C)C.CC(C)CCCC(C)CCCC(C)C(C)C.CCC(C)CCCC(C)CC.CCC(C)CCCC(CC)CCCC(C)C.CCC(CC)CCCC(C)C.CCC(CC)CCCC(C)CCCC(C)C.CCCC(C)CCCC(C)C.CCCC(C)CCCC(C)CCCC(C)C. The van der Waals surface area contributed by atoms with E-state index >= 15 is 0 Å². The van der Waals surface area contributed by atoms with E-state index in [1.807, 2.05) is 0 Å². The van der Waals surface area contributed by atoms with Crippen LogP contribution in [0.5, 0.6) is 0 Å². The first-order valence-electron chi connectivity index (χ1n) is 50.8. The average Bonchev–Trinajstić information content (AvgIpc) is 1.07. The standard InChI is InChI=1S/4C16H34.4C11H24/c1-13(2)9-7-10-15(5)11-8-12-16(6)14(3)4;1-6-9-15(4)12-8-13-16(5)11-7-10-14(2)3;1-6-15(5)11-9-13-16(7-2)12-8-10-14(3)4;1-6-16(7-2)13-9-12-15(5)11-8-10-14(3)4;1-9(2)7-6-8-11(5)10(3)4;1-5-7-11(4)9-6-8-10(2)3;1-5-10(3)8-7-9-11(4)6-2;1-5-11(6-2)9-7-8-10(3)4/h13-16H,7-12H2,1-6H3;3*14-16H,6-13H2,1-5H3;9-11H,6-8H2,1-5H3;3*10-11H,5-9H2,1-4H3. The molecule has 0 nitrogen and oxygen atoms in total. The van der Waals surface area contributed by atoms with Crippen LogP contribution in [-0.2, 0) is 0 Å². The van der Waals surface area contributed by atoms with Gasteiger partial charge < -0.3 is 0 Å². The van der Waals surface area contributed by atoms with E-state index in [9.17, 15) is 0 Å². The summed E-state index contributed by atoms with van der Waals surface area (Å²) in [5.41, 5.74) is 0. The summed E-state index contributed by atoms with van der Waals surface area (Å²) in [5, 5.41) is 0. The van der Waals surface area contributed by atoms with Gasteiger partial charge in [-0.1, -0.05) is 571 Å². The maximum absolute atomic E-state index is 2.44. The molecule has 0 heterocycles. The third kappa shape index (κ3) is 112. The Morgan fingerprint density at radius 1 is 0.130 bits per heavy atom. The van der Waals surface area contributed by atoms with Crippen molar-refractivity contribution in [2.45, 2.75) is 571 Å². The van der Waals surface area contributed by atoms with Crippen LogP contribution in [0.15, 0.2) is 0 Å². The fourth-order valence-electron chi connectivity index (χ4n) is 14.8. The summed E-state index contributed by atoms with van der Waals surface area (Å²) in [5.74, 6) is 20.3. The summed E-state index contributed by atoms with van der Waals surface area (Å²) in [7, 11) is 0. The van der Waals surface area contributed by atoms with Crippen molar-refractivity contribution < 1.29 is 0 Å². The highest BCUT2D eigenvalue weighted by Gasteiger charge is 2.14. The molecule has 0 aliphatic carbocycles. The lowest BCUT2D eigenvalue weighted by atomic mass is 9.89. The molecule has 0 aliphatic rings. The third-order valence-electron chi connectivity index (χ3n) is 25.7. The van der Waals surface area contributed by atoms with Crippen LogP contribution in [0.3, 0.4) is 0 Å². The molecule has 0 radical (unpaired) electrons. The van der Waals surface area contributed by atoms with Crippen molar-refractivity contribution >= 4 is 0 Å². The van der Waals surface area contributed by atoms with Gasteiger partial charge in [0, 0.05) is 0 Å². The van der Waals surface area contributed by atoms with Gasteiger partial charge in [0.25, 0.3) is 0 Å². The molecular formula is C108H232. The summed E-state index contributed by atoms with van der Waals surface area (Å²) in [6, 6.07) is 0. The molecule has 0 rings (SSSR count). The molecule has 0 fully saturated rings. The first-order valence-corrected chi connectivity index (χ1v) is 50.8. The Kier molecular flexibility index (Phi) is 106. The Bertz CT molecular complexity index is 1490. The topological polar surface area (TPSA) is 0 Å². The van der Waals surface area contributed by atoms with Crippen LogP contribution in [0.4, 0.5) is 0 Å². The minimum absolute atomic E-state index is 0.858. The van der Waals surface area contributed by atoms with Crippen molar-refractivity contribution in [2.24, 2.45) is 130 Å². The van der Waals surface area contributed by atoms with Gasteiger partial charge in [0.2, 0.25) is 0 Å². The maximum Gasteiger partial charge on any atom is -0.0417 e. The molecule has 11 unspecified atom stereocenters. The van der Waals surface area contributed by atoms with Crippen LogP contribution in [0.2, 0.25) is 0 Å². The summed E-state index contributed by atoms with van der Waals surface area (Å²) in [6.45, 7) is 88.9. The van der Waals surface area contributed by atoms with Crippen LogP contribution < -0.4 is 0 Å². The molecule has 11 atom stereocenters. The zero-order chi connectivity index (χ0) is 84.6. The first kappa shape index (κ1) is 124. The van der Waals surface area contributed by atoms with E-state index in [1.54, 1.807) is 0 Å². The minimum atomic E-state index is 0.858. The molecular weight excluding hydrogens is 1300 g/mol. The fourth-order valence-corrected chi connectivity index (χ4v) is 14.8. The van der Waals surface area contributed by atoms with Crippen molar-refractivity contribution in [3.8, 4) is 0 Å². The van der Waals surface area contributed by atoms with Gasteiger partial charge in [0.1, 0.15) is 0 Å². The Hall–Kier alpha value is 0. The molecule has 0 aliphatic heterocycles. The van der Waals surface area contributed by atoms with E-state index in [0.717, 1.165) is 130 Å². The van der Waals surface area contributed by atoms with Gasteiger partial charge in [0.05, 0.1) is 0 Å². The van der Waals surface area contributed by atoms with Crippen LogP contribution >= 0.6 is 0 Å². The summed E-state index contributed by atoms with van der Waals surface area (Å²) >= 11 is 0. The second-order valence-corrected chi connectivity index (χ2v) is 41.7. The highest BCUT2D eigenvalue weighted by atomic mass is 14.2. The monoisotopic (exact) mass is 1530 g/mol. The summed E-state index contributed by atoms with van der Waals surface area (Å²) < 4.78 is 0. The van der Waals surface area contributed by atoms with E-state index in [0.29, 0.717) is 0 Å². The second kappa shape index (κ2) is 92.5. The van der Waals surface area contributed by atoms with Crippen LogP contribution in [0.1, 0.15) is 571 Å². The van der Waals surface area contributed by atoms with Crippen LogP contribution in [-0.4, -0.2) is 0 Å². The lowest BCUT2D eigenvalue weighted by molar-refractivity contribution is 0.351. The van der Waals surface area contributed by atoms with Gasteiger partial charge in [-0.2, -0.15) is 0 Å². The number of hydrogen-bond acceptors (Lipinski definition) is 0. The first-order chi connectivity index (χ1) is 50.8. The zero-order valence-corrected chi connectivity index (χ0v) is 84.6. The molecule has 0 saturated heterocycles. The molecule has 0 heteroatoms. The molecule has 0 spiro atoms. The molecule has 0 aromatic rings. The Morgan fingerprint density at radius 2 is 0.278 bits per heavy atom. The normalized spacial score (nSPS) is 14.6. The molecule has 0 aromatic heterocycles. The van der Waals surface area contributed by atoms with E-state index in [2.05, 4.69) is 263 Å². The van der Waals surface area contributed by atoms with E-state index in [1.165, 1.54) is 308 Å². The highest BCUT2D eigenvalue weighted by molar-refractivity contribution is 4.66. The van der Waals surface area contributed by atoms with Gasteiger partial charge in [-0.3, -0.25) is 0 Å². The molecule has 0 bridgehead atoms. The zero-order valence-electron chi connectivity index (χ0n) is 84.6. The maximum atomic E-state index is 2.44. The van der Waals surface area contributed by atoms with Gasteiger partial charge in [0.15, 0.2) is 0 Å². The second-order valence-electron chi connectivity index (χ2n) is 41.7. The van der Waals surface area contributed by atoms with Gasteiger partial charge in [-0.05, 0) is 130 Å². The lowest BCUT2D eigenvalue weighted by Gasteiger charge is -2.17. The lowest BCUT2D eigenvalue weighted by Crippen LogP contribution is -2.05. The molecule has 664 valence electrons. The predicted molar refractivity (Wildman–Crippen MR) is 514 cm³/mol. The van der Waals surface area contributed by atoms with Gasteiger partial charge in [-0.15, -0.1) is 0 Å². The molecule has 0 N–H and O–H groups in total. The Morgan fingerprint density at radius 3 is 0.454 bits per heavy atom. The summed E-state index contributed by atoms with van der Waals surface area (Å²) in [4.78, 5) is 0. The van der Waals surface area contributed by atoms with Gasteiger partial charge in [-0.25, -0.2) is 0 Å². The molecule has 0 aromatic carbocycles. The average molecular weight is 1530 g/mol. The Labute approximate surface area is 697 Å². The largest absolute Gasteiger partial charge is 0.0654 e. The van der Waals surface area contributed by atoms with Crippen LogP contribution in [0, 0.1) is 130 Å². The fraction of sp³-hybridized carbons (Fsp3) is 1.00. The highest BCUT2D eigenvalue weighted by Crippen LogP contribution is 2.28. The number of hydrogen-bond donors (Lipinski definition) is 0. The van der Waals surface area contributed by atoms with Crippen molar-refractivity contribution in [3.63, 3.8) is 0 Å². The minimum Gasteiger partial charge on any atom is -0.0654 e. The quantitative estimate of drug-likeness (QED) is 0.0569. The Balaban J connectivity index is -0.000000177. The predicted octanol–water partition coefficient (Wildman–Crippen LogP) is 40.9. The van der Waals surface area contributed by atoms with Crippen molar-refractivity contribution in [1.29, 1.82) is 0 Å². The molecule has 0 saturated carbocycles.